The summed E-state index contributed by atoms with van der Waals surface area (Å²) in [5.74, 6) is 0.235. The van der Waals surface area contributed by atoms with Crippen LogP contribution in [0.2, 0.25) is 0 Å². The molecule has 9 heteroatoms. The summed E-state index contributed by atoms with van der Waals surface area (Å²) in [4.78, 5) is 15.0. The summed E-state index contributed by atoms with van der Waals surface area (Å²) in [5.41, 5.74) is 0.754. The fourth-order valence-corrected chi connectivity index (χ4v) is 5.96. The maximum Gasteiger partial charge on any atom is 0.270 e. The van der Waals surface area contributed by atoms with Crippen molar-refractivity contribution >= 4 is 37.3 Å². The third-order valence-corrected chi connectivity index (χ3v) is 7.87. The topological polar surface area (TPSA) is 93.4 Å². The molecule has 1 aromatic heterocycles. The SMILES string of the molecule is O=[N+]([O-])c1cccc(S(=O)(=O)N2CCC(c3nc4ccccc4s3)CC2)c1. The van der Waals surface area contributed by atoms with Crippen molar-refractivity contribution in [2.75, 3.05) is 13.1 Å². The van der Waals surface area contributed by atoms with Gasteiger partial charge in [-0.2, -0.15) is 4.31 Å². The molecule has 0 saturated carbocycles. The summed E-state index contributed by atoms with van der Waals surface area (Å²) >= 11 is 1.66. The standard InChI is InChI=1S/C18H17N3O4S2/c22-21(23)14-4-3-5-15(12-14)27(24,25)20-10-8-13(9-11-20)18-19-16-6-1-2-7-17(16)26-18/h1-7,12-13H,8-11H2. The number of nitrogens with zero attached hydrogens (tertiary/aromatic N) is 3. The highest BCUT2D eigenvalue weighted by Crippen LogP contribution is 2.35. The molecule has 0 unspecified atom stereocenters. The number of nitro groups is 1. The molecule has 2 heterocycles. The van der Waals surface area contributed by atoms with Crippen LogP contribution >= 0.6 is 11.3 Å². The number of sulfonamides is 1. The van der Waals surface area contributed by atoms with Gasteiger partial charge in [0.2, 0.25) is 10.0 Å². The van der Waals surface area contributed by atoms with Crippen LogP contribution in [0.3, 0.4) is 0 Å². The van der Waals surface area contributed by atoms with Gasteiger partial charge < -0.3 is 0 Å². The Morgan fingerprint density at radius 3 is 2.56 bits per heavy atom. The minimum atomic E-state index is -3.74. The van der Waals surface area contributed by atoms with Crippen LogP contribution in [0.4, 0.5) is 5.69 Å². The van der Waals surface area contributed by atoms with E-state index in [0.29, 0.717) is 25.9 Å². The first-order valence-corrected chi connectivity index (χ1v) is 10.8. The molecule has 0 atom stereocenters. The van der Waals surface area contributed by atoms with E-state index in [0.717, 1.165) is 21.3 Å². The highest BCUT2D eigenvalue weighted by molar-refractivity contribution is 7.89. The van der Waals surface area contributed by atoms with E-state index >= 15 is 0 Å². The Morgan fingerprint density at radius 2 is 1.85 bits per heavy atom. The number of hydrogen-bond donors (Lipinski definition) is 0. The van der Waals surface area contributed by atoms with E-state index in [-0.39, 0.29) is 16.5 Å². The van der Waals surface area contributed by atoms with Crippen LogP contribution in [0.5, 0.6) is 0 Å². The van der Waals surface area contributed by atoms with Gasteiger partial charge in [-0.1, -0.05) is 18.2 Å². The maximum atomic E-state index is 12.8. The van der Waals surface area contributed by atoms with E-state index in [1.165, 1.54) is 22.5 Å². The molecule has 0 radical (unpaired) electrons. The number of hydrogen-bond acceptors (Lipinski definition) is 6. The van der Waals surface area contributed by atoms with Crippen LogP contribution in [-0.4, -0.2) is 35.7 Å². The second-order valence-corrected chi connectivity index (χ2v) is 9.45. The summed E-state index contributed by atoms with van der Waals surface area (Å²) in [6.07, 6.45) is 1.38. The van der Waals surface area contributed by atoms with Crippen LogP contribution in [-0.2, 0) is 10.0 Å². The van der Waals surface area contributed by atoms with Crippen molar-refractivity contribution in [2.24, 2.45) is 0 Å². The molecule has 0 bridgehead atoms. The fourth-order valence-electron chi connectivity index (χ4n) is 3.31. The lowest BCUT2D eigenvalue weighted by Gasteiger charge is -2.30. The minimum Gasteiger partial charge on any atom is -0.258 e. The molecule has 1 aliphatic rings. The van der Waals surface area contributed by atoms with Crippen molar-refractivity contribution in [3.63, 3.8) is 0 Å². The molecular weight excluding hydrogens is 386 g/mol. The lowest BCUT2D eigenvalue weighted by atomic mass is 9.99. The fraction of sp³-hybridized carbons (Fsp3) is 0.278. The molecule has 1 aliphatic heterocycles. The number of aromatic nitrogens is 1. The Morgan fingerprint density at radius 1 is 1.11 bits per heavy atom. The van der Waals surface area contributed by atoms with Crippen LogP contribution in [0.1, 0.15) is 23.8 Å². The second kappa shape index (κ2) is 6.99. The Labute approximate surface area is 160 Å². The van der Waals surface area contributed by atoms with Crippen molar-refractivity contribution in [1.82, 2.24) is 9.29 Å². The lowest BCUT2D eigenvalue weighted by molar-refractivity contribution is -0.385. The highest BCUT2D eigenvalue weighted by Gasteiger charge is 2.31. The molecule has 4 rings (SSSR count). The molecule has 3 aromatic rings. The van der Waals surface area contributed by atoms with E-state index in [2.05, 4.69) is 4.98 Å². The predicted molar refractivity (Wildman–Crippen MR) is 103 cm³/mol. The van der Waals surface area contributed by atoms with Crippen LogP contribution in [0.15, 0.2) is 53.4 Å². The molecule has 2 aromatic carbocycles. The van der Waals surface area contributed by atoms with E-state index in [1.54, 1.807) is 11.3 Å². The van der Waals surface area contributed by atoms with Gasteiger partial charge in [0.15, 0.2) is 0 Å². The van der Waals surface area contributed by atoms with E-state index in [4.69, 9.17) is 0 Å². The molecule has 0 aliphatic carbocycles. The maximum absolute atomic E-state index is 12.8. The van der Waals surface area contributed by atoms with Gasteiger partial charge in [-0.25, -0.2) is 13.4 Å². The molecule has 1 fully saturated rings. The number of fused-ring (bicyclic) bond motifs is 1. The zero-order valence-electron chi connectivity index (χ0n) is 14.3. The monoisotopic (exact) mass is 403 g/mol. The average molecular weight is 403 g/mol. The Balaban J connectivity index is 1.51. The quantitative estimate of drug-likeness (QED) is 0.488. The van der Waals surface area contributed by atoms with Gasteiger partial charge in [-0.3, -0.25) is 10.1 Å². The first-order valence-electron chi connectivity index (χ1n) is 8.55. The van der Waals surface area contributed by atoms with E-state index < -0.39 is 14.9 Å². The lowest BCUT2D eigenvalue weighted by Crippen LogP contribution is -2.37. The Hall–Kier alpha value is -2.36. The van der Waals surface area contributed by atoms with Gasteiger partial charge in [0.25, 0.3) is 5.69 Å². The number of rotatable bonds is 4. The largest absolute Gasteiger partial charge is 0.270 e. The summed E-state index contributed by atoms with van der Waals surface area (Å²) in [6.45, 7) is 0.761. The van der Waals surface area contributed by atoms with Gasteiger partial charge in [-0.15, -0.1) is 11.3 Å². The van der Waals surface area contributed by atoms with Crippen LogP contribution in [0.25, 0.3) is 10.2 Å². The van der Waals surface area contributed by atoms with Crippen LogP contribution in [0, 0.1) is 10.1 Å². The zero-order chi connectivity index (χ0) is 19.0. The minimum absolute atomic E-state index is 0.0323. The van der Waals surface area contributed by atoms with Crippen molar-refractivity contribution in [3.8, 4) is 0 Å². The van der Waals surface area contributed by atoms with Gasteiger partial charge in [0, 0.05) is 31.1 Å². The zero-order valence-corrected chi connectivity index (χ0v) is 15.9. The molecular formula is C18H17N3O4S2. The molecule has 0 N–H and O–H groups in total. The van der Waals surface area contributed by atoms with Crippen LogP contribution < -0.4 is 0 Å². The summed E-state index contributed by atoms with van der Waals surface area (Å²) in [7, 11) is -3.74. The third kappa shape index (κ3) is 3.45. The number of piperidine rings is 1. The van der Waals surface area contributed by atoms with Crippen molar-refractivity contribution in [1.29, 1.82) is 0 Å². The summed E-state index contributed by atoms with van der Waals surface area (Å²) in [6, 6.07) is 13.2. The smallest absolute Gasteiger partial charge is 0.258 e. The van der Waals surface area contributed by atoms with Gasteiger partial charge in [0.1, 0.15) is 0 Å². The molecule has 0 amide bonds. The Kier molecular flexibility index (Phi) is 4.67. The summed E-state index contributed by atoms with van der Waals surface area (Å²) in [5, 5.41) is 12.0. The molecule has 0 spiro atoms. The van der Waals surface area contributed by atoms with Gasteiger partial charge in [-0.05, 0) is 31.0 Å². The second-order valence-electron chi connectivity index (χ2n) is 6.45. The molecule has 7 nitrogen and oxygen atoms in total. The van der Waals surface area contributed by atoms with Crippen molar-refractivity contribution < 1.29 is 13.3 Å². The highest BCUT2D eigenvalue weighted by atomic mass is 32.2. The van der Waals surface area contributed by atoms with E-state index in [9.17, 15) is 18.5 Å². The first-order chi connectivity index (χ1) is 12.9. The first kappa shape index (κ1) is 18.0. The number of non-ortho nitro benzene ring substituents is 1. The third-order valence-electron chi connectivity index (χ3n) is 4.78. The molecule has 140 valence electrons. The number of para-hydroxylation sites is 1. The van der Waals surface area contributed by atoms with Gasteiger partial charge >= 0.3 is 0 Å². The molecule has 27 heavy (non-hydrogen) atoms. The van der Waals surface area contributed by atoms with Gasteiger partial charge in [0.05, 0.1) is 25.0 Å². The Bertz CT molecular complexity index is 1070. The molecule has 1 saturated heterocycles. The number of benzene rings is 2. The normalized spacial score (nSPS) is 16.6. The summed E-state index contributed by atoms with van der Waals surface area (Å²) < 4.78 is 28.2. The number of thiazole rings is 1. The average Bonchev–Trinajstić information content (AvgIpc) is 3.12. The van der Waals surface area contributed by atoms with Crippen molar-refractivity contribution in [3.05, 3.63) is 63.7 Å². The van der Waals surface area contributed by atoms with Crippen molar-refractivity contribution in [2.45, 2.75) is 23.7 Å². The number of nitro benzene ring substituents is 1. The van der Waals surface area contributed by atoms with E-state index in [1.807, 2.05) is 24.3 Å². The predicted octanol–water partition coefficient (Wildman–Crippen LogP) is 3.77.